The van der Waals surface area contributed by atoms with Crippen molar-refractivity contribution in [3.8, 4) is 0 Å². The van der Waals surface area contributed by atoms with Gasteiger partial charge in [-0.15, -0.1) is 0 Å². The molecule has 3 rings (SSSR count). The van der Waals surface area contributed by atoms with E-state index in [1.807, 2.05) is 32.9 Å². The zero-order valence-corrected chi connectivity index (χ0v) is 11.8. The van der Waals surface area contributed by atoms with Gasteiger partial charge in [-0.05, 0) is 38.8 Å². The first-order chi connectivity index (χ1) is 8.83. The summed E-state index contributed by atoms with van der Waals surface area (Å²) in [6, 6.07) is 6.13. The summed E-state index contributed by atoms with van der Waals surface area (Å²) < 4.78 is 17.3. The Morgan fingerprint density at radius 3 is 2.68 bits per heavy atom. The van der Waals surface area contributed by atoms with Gasteiger partial charge < -0.3 is 19.3 Å². The molecule has 104 valence electrons. The van der Waals surface area contributed by atoms with Gasteiger partial charge in [0.05, 0.1) is 0 Å². The molecule has 4 atom stereocenters. The number of ether oxygens (including phenoxy) is 3. The Balaban J connectivity index is 2.01. The lowest BCUT2D eigenvalue weighted by molar-refractivity contribution is -0.359. The van der Waals surface area contributed by atoms with Crippen LogP contribution in [0.25, 0.3) is 0 Å². The van der Waals surface area contributed by atoms with Gasteiger partial charge >= 0.3 is 0 Å². The molecular formula is C15H20O4. The Morgan fingerprint density at radius 2 is 2.00 bits per heavy atom. The first-order valence-corrected chi connectivity index (χ1v) is 6.60. The molecule has 2 fully saturated rings. The first-order valence-electron chi connectivity index (χ1n) is 6.60. The van der Waals surface area contributed by atoms with Crippen molar-refractivity contribution in [2.75, 3.05) is 6.61 Å². The quantitative estimate of drug-likeness (QED) is 0.845. The Bertz CT molecular complexity index is 515. The maximum Gasteiger partial charge on any atom is 0.197 e. The molecule has 0 spiro atoms. The van der Waals surface area contributed by atoms with E-state index in [1.54, 1.807) is 6.92 Å². The van der Waals surface area contributed by atoms with Crippen molar-refractivity contribution >= 4 is 0 Å². The maximum atomic E-state index is 10.5. The van der Waals surface area contributed by atoms with Crippen LogP contribution in [0.1, 0.15) is 36.6 Å². The van der Waals surface area contributed by atoms with Crippen molar-refractivity contribution in [1.82, 2.24) is 0 Å². The third kappa shape index (κ3) is 1.99. The number of rotatable bonds is 1. The van der Waals surface area contributed by atoms with Gasteiger partial charge in [0.2, 0.25) is 0 Å². The fourth-order valence-corrected chi connectivity index (χ4v) is 2.95. The van der Waals surface area contributed by atoms with E-state index in [2.05, 4.69) is 6.07 Å². The monoisotopic (exact) mass is 264 g/mol. The van der Waals surface area contributed by atoms with E-state index in [0.717, 1.165) is 11.1 Å². The fourth-order valence-electron chi connectivity index (χ4n) is 2.95. The van der Waals surface area contributed by atoms with Crippen molar-refractivity contribution in [2.45, 2.75) is 51.5 Å². The molecule has 0 radical (unpaired) electrons. The van der Waals surface area contributed by atoms with Gasteiger partial charge in [0, 0.05) is 0 Å². The molecule has 2 heterocycles. The number of aliphatic hydroxyl groups is 1. The number of aryl methyl sites for hydroxylation is 2. The molecule has 19 heavy (non-hydrogen) atoms. The van der Waals surface area contributed by atoms with Crippen LogP contribution >= 0.6 is 0 Å². The second kappa shape index (κ2) is 4.03. The van der Waals surface area contributed by atoms with Gasteiger partial charge in [-0.2, -0.15) is 0 Å². The standard InChI is InChI=1S/C15H20O4/c1-9-5-6-11(10(2)7-9)12-13(16)15(4)17-8-14(3,18-12)19-15/h5-7,12-13,16H,8H2,1-4H3/t12-,13-,14+,15+/m1/s1. The Hall–Kier alpha value is -0.940. The van der Waals surface area contributed by atoms with Crippen LogP contribution in [0.3, 0.4) is 0 Å². The highest BCUT2D eigenvalue weighted by Gasteiger charge is 2.59. The molecule has 0 aliphatic carbocycles. The minimum atomic E-state index is -0.991. The average molecular weight is 264 g/mol. The zero-order chi connectivity index (χ0) is 13.8. The van der Waals surface area contributed by atoms with Crippen LogP contribution in [-0.4, -0.2) is 29.4 Å². The third-order valence-corrected chi connectivity index (χ3v) is 3.97. The van der Waals surface area contributed by atoms with Crippen LogP contribution in [0.4, 0.5) is 0 Å². The Labute approximate surface area is 113 Å². The number of fused-ring (bicyclic) bond motifs is 2. The lowest BCUT2D eigenvalue weighted by Gasteiger charge is -2.42. The highest BCUT2D eigenvalue weighted by atomic mass is 16.9. The summed E-state index contributed by atoms with van der Waals surface area (Å²) in [4.78, 5) is 0. The normalized spacial score (nSPS) is 41.5. The summed E-state index contributed by atoms with van der Waals surface area (Å²) in [7, 11) is 0. The highest BCUT2D eigenvalue weighted by Crippen LogP contribution is 2.47. The summed E-state index contributed by atoms with van der Waals surface area (Å²) in [5, 5.41) is 10.5. The van der Waals surface area contributed by atoms with Gasteiger partial charge in [-0.1, -0.05) is 23.8 Å². The summed E-state index contributed by atoms with van der Waals surface area (Å²) in [5.74, 6) is -1.77. The van der Waals surface area contributed by atoms with Gasteiger partial charge in [0.15, 0.2) is 11.6 Å². The van der Waals surface area contributed by atoms with Crippen molar-refractivity contribution in [2.24, 2.45) is 0 Å². The number of benzene rings is 1. The maximum absolute atomic E-state index is 10.5. The smallest absolute Gasteiger partial charge is 0.197 e. The molecule has 1 aromatic rings. The number of hydrogen-bond donors (Lipinski definition) is 1. The molecule has 4 nitrogen and oxygen atoms in total. The molecule has 1 N–H and O–H groups in total. The van der Waals surface area contributed by atoms with Crippen LogP contribution in [0.5, 0.6) is 0 Å². The lowest BCUT2D eigenvalue weighted by Crippen LogP contribution is -2.53. The van der Waals surface area contributed by atoms with E-state index < -0.39 is 23.8 Å². The lowest BCUT2D eigenvalue weighted by atomic mass is 9.93. The molecule has 0 saturated carbocycles. The van der Waals surface area contributed by atoms with E-state index in [4.69, 9.17) is 14.2 Å². The Morgan fingerprint density at radius 1 is 1.26 bits per heavy atom. The van der Waals surface area contributed by atoms with Crippen molar-refractivity contribution < 1.29 is 19.3 Å². The van der Waals surface area contributed by atoms with Crippen molar-refractivity contribution in [3.63, 3.8) is 0 Å². The molecule has 0 unspecified atom stereocenters. The number of aliphatic hydroxyl groups excluding tert-OH is 1. The van der Waals surface area contributed by atoms with Crippen molar-refractivity contribution in [3.05, 3.63) is 34.9 Å². The Kier molecular flexibility index (Phi) is 2.77. The summed E-state index contributed by atoms with van der Waals surface area (Å²) in [5.41, 5.74) is 3.29. The second-order valence-electron chi connectivity index (χ2n) is 5.88. The SMILES string of the molecule is Cc1ccc([C@H]2O[C@]3(C)CO[C@@](C)(O3)[C@@H]2O)c(C)c1. The minimum Gasteiger partial charge on any atom is -0.384 e. The predicted octanol–water partition coefficient (Wildman–Crippen LogP) is 2.21. The van der Waals surface area contributed by atoms with Crippen LogP contribution < -0.4 is 0 Å². The third-order valence-electron chi connectivity index (χ3n) is 3.97. The summed E-state index contributed by atoms with van der Waals surface area (Å²) in [6.45, 7) is 8.03. The minimum absolute atomic E-state index is 0.335. The molecule has 0 amide bonds. The van der Waals surface area contributed by atoms with Gasteiger partial charge in [0.25, 0.3) is 0 Å². The van der Waals surface area contributed by atoms with E-state index >= 15 is 0 Å². The largest absolute Gasteiger partial charge is 0.384 e. The summed E-state index contributed by atoms with van der Waals surface area (Å²) in [6.07, 6.45) is -1.27. The van der Waals surface area contributed by atoms with Crippen LogP contribution in [0.15, 0.2) is 18.2 Å². The van der Waals surface area contributed by atoms with Crippen LogP contribution in [0, 0.1) is 13.8 Å². The molecule has 0 aromatic heterocycles. The predicted molar refractivity (Wildman–Crippen MR) is 69.6 cm³/mol. The molecule has 2 aliphatic heterocycles. The van der Waals surface area contributed by atoms with Crippen LogP contribution in [0.2, 0.25) is 0 Å². The molecule has 2 saturated heterocycles. The zero-order valence-electron chi connectivity index (χ0n) is 11.8. The van der Waals surface area contributed by atoms with E-state index in [-0.39, 0.29) is 0 Å². The fraction of sp³-hybridized carbons (Fsp3) is 0.600. The second-order valence-corrected chi connectivity index (χ2v) is 5.88. The molecular weight excluding hydrogens is 244 g/mol. The first kappa shape index (κ1) is 13.1. The van der Waals surface area contributed by atoms with Crippen LogP contribution in [-0.2, 0) is 14.2 Å². The van der Waals surface area contributed by atoms with Crippen molar-refractivity contribution in [1.29, 1.82) is 0 Å². The van der Waals surface area contributed by atoms with Gasteiger partial charge in [-0.3, -0.25) is 0 Å². The van der Waals surface area contributed by atoms with E-state index in [9.17, 15) is 5.11 Å². The molecule has 2 bridgehead atoms. The molecule has 2 aliphatic rings. The molecule has 4 heteroatoms. The topological polar surface area (TPSA) is 47.9 Å². The van der Waals surface area contributed by atoms with Gasteiger partial charge in [-0.25, -0.2) is 0 Å². The van der Waals surface area contributed by atoms with Gasteiger partial charge in [0.1, 0.15) is 18.8 Å². The van der Waals surface area contributed by atoms with E-state index in [1.165, 1.54) is 5.56 Å². The average Bonchev–Trinajstić information content (AvgIpc) is 2.59. The van der Waals surface area contributed by atoms with E-state index in [0.29, 0.717) is 6.61 Å². The summed E-state index contributed by atoms with van der Waals surface area (Å²) >= 11 is 0. The highest BCUT2D eigenvalue weighted by molar-refractivity contribution is 5.33. The molecule has 1 aromatic carbocycles. The number of hydrogen-bond acceptors (Lipinski definition) is 4.